The Morgan fingerprint density at radius 3 is 2.94 bits per heavy atom. The molecule has 0 atom stereocenters. The molecule has 6 heteroatoms. The van der Waals surface area contributed by atoms with Gasteiger partial charge in [-0.2, -0.15) is 4.98 Å². The number of aromatic amines is 1. The molecule has 0 radical (unpaired) electrons. The van der Waals surface area contributed by atoms with Gasteiger partial charge in [0.15, 0.2) is 0 Å². The lowest BCUT2D eigenvalue weighted by Gasteiger charge is -2.10. The van der Waals surface area contributed by atoms with E-state index in [-0.39, 0.29) is 5.69 Å². The van der Waals surface area contributed by atoms with Crippen molar-refractivity contribution in [1.82, 2.24) is 15.3 Å². The van der Waals surface area contributed by atoms with Gasteiger partial charge in [0.2, 0.25) is 0 Å². The van der Waals surface area contributed by atoms with Crippen molar-refractivity contribution in [3.05, 3.63) is 51.0 Å². The van der Waals surface area contributed by atoms with Crippen LogP contribution in [0.4, 0.5) is 11.5 Å². The molecule has 3 N–H and O–H groups in total. The molecule has 5 nitrogen and oxygen atoms in total. The Bertz CT molecular complexity index is 653. The van der Waals surface area contributed by atoms with Crippen LogP contribution in [0.25, 0.3) is 0 Å². The zero-order valence-electron chi connectivity index (χ0n) is 9.46. The summed E-state index contributed by atoms with van der Waals surface area (Å²) >= 11 is 6.07. The number of aromatic nitrogens is 2. The number of rotatable bonds is 2. The number of para-hydroxylation sites is 1. The third-order valence-electron chi connectivity index (χ3n) is 2.85. The normalized spacial score (nSPS) is 13.4. The molecule has 0 unspecified atom stereocenters. The number of benzene rings is 1. The van der Waals surface area contributed by atoms with Gasteiger partial charge in [0.1, 0.15) is 5.82 Å². The fraction of sp³-hybridized carbons (Fsp3) is 0.167. The van der Waals surface area contributed by atoms with E-state index in [9.17, 15) is 4.79 Å². The van der Waals surface area contributed by atoms with Gasteiger partial charge in [0.25, 0.3) is 0 Å². The van der Waals surface area contributed by atoms with E-state index in [2.05, 4.69) is 20.6 Å². The summed E-state index contributed by atoms with van der Waals surface area (Å²) in [6.45, 7) is 1.34. The van der Waals surface area contributed by atoms with Crippen molar-refractivity contribution in [1.29, 1.82) is 0 Å². The van der Waals surface area contributed by atoms with Gasteiger partial charge in [-0.1, -0.05) is 23.7 Å². The van der Waals surface area contributed by atoms with Gasteiger partial charge >= 0.3 is 5.69 Å². The van der Waals surface area contributed by atoms with E-state index in [1.54, 1.807) is 6.07 Å². The molecule has 1 aliphatic heterocycles. The highest BCUT2D eigenvalue weighted by Crippen LogP contribution is 2.27. The highest BCUT2D eigenvalue weighted by atomic mass is 35.5. The molecule has 0 aliphatic carbocycles. The molecule has 92 valence electrons. The smallest absolute Gasteiger partial charge is 0.339 e. The lowest BCUT2D eigenvalue weighted by atomic mass is 10.2. The van der Waals surface area contributed by atoms with Crippen molar-refractivity contribution in [3.8, 4) is 0 Å². The lowest BCUT2D eigenvalue weighted by molar-refractivity contribution is 0.757. The van der Waals surface area contributed by atoms with Crippen LogP contribution >= 0.6 is 11.6 Å². The van der Waals surface area contributed by atoms with Gasteiger partial charge in [-0.15, -0.1) is 0 Å². The van der Waals surface area contributed by atoms with E-state index >= 15 is 0 Å². The first-order valence-electron chi connectivity index (χ1n) is 5.58. The molecule has 18 heavy (non-hydrogen) atoms. The monoisotopic (exact) mass is 262 g/mol. The maximum atomic E-state index is 11.5. The highest BCUT2D eigenvalue weighted by molar-refractivity contribution is 6.33. The fourth-order valence-corrected chi connectivity index (χ4v) is 2.17. The molecule has 2 heterocycles. The number of halogens is 1. The van der Waals surface area contributed by atoms with Crippen LogP contribution in [0.1, 0.15) is 11.3 Å². The minimum atomic E-state index is -0.355. The standard InChI is InChI=1S/C12H11ClN4O/c13-8-3-1-2-4-9(8)15-11-7-5-14-6-10(7)16-12(18)17-11/h1-4,14H,5-6H2,(H2,15,16,17,18). The lowest BCUT2D eigenvalue weighted by Crippen LogP contribution is -2.16. The second-order valence-corrected chi connectivity index (χ2v) is 4.46. The summed E-state index contributed by atoms with van der Waals surface area (Å²) in [7, 11) is 0. The van der Waals surface area contributed by atoms with Gasteiger partial charge in [0, 0.05) is 24.3 Å². The van der Waals surface area contributed by atoms with E-state index in [4.69, 9.17) is 11.6 Å². The quantitative estimate of drug-likeness (QED) is 0.772. The number of H-pyrrole nitrogens is 1. The number of hydrogen-bond acceptors (Lipinski definition) is 4. The van der Waals surface area contributed by atoms with Crippen LogP contribution in [0.15, 0.2) is 29.1 Å². The van der Waals surface area contributed by atoms with Gasteiger partial charge in [-0.3, -0.25) is 0 Å². The highest BCUT2D eigenvalue weighted by Gasteiger charge is 2.17. The first kappa shape index (κ1) is 11.3. The Morgan fingerprint density at radius 2 is 2.11 bits per heavy atom. The van der Waals surface area contributed by atoms with Crippen LogP contribution in [0.3, 0.4) is 0 Å². The summed E-state index contributed by atoms with van der Waals surface area (Å²) in [4.78, 5) is 18.1. The summed E-state index contributed by atoms with van der Waals surface area (Å²) < 4.78 is 0. The maximum Gasteiger partial charge on any atom is 0.347 e. The van der Waals surface area contributed by atoms with Gasteiger partial charge < -0.3 is 15.6 Å². The molecule has 1 aromatic heterocycles. The van der Waals surface area contributed by atoms with Gasteiger partial charge in [-0.25, -0.2) is 4.79 Å². The molecule has 0 saturated carbocycles. The SMILES string of the molecule is O=c1nc(Nc2ccccc2Cl)c2c([nH]1)CNC2. The number of nitrogens with one attached hydrogen (secondary N) is 3. The van der Waals surface area contributed by atoms with E-state index in [0.29, 0.717) is 23.9 Å². The number of anilines is 2. The zero-order chi connectivity index (χ0) is 12.5. The van der Waals surface area contributed by atoms with Crippen molar-refractivity contribution >= 4 is 23.1 Å². The van der Waals surface area contributed by atoms with E-state index in [1.165, 1.54) is 0 Å². The van der Waals surface area contributed by atoms with E-state index in [1.807, 2.05) is 18.2 Å². The average molecular weight is 263 g/mol. The first-order chi connectivity index (χ1) is 8.74. The summed E-state index contributed by atoms with van der Waals surface area (Å²) in [6.07, 6.45) is 0. The molecule has 0 bridgehead atoms. The van der Waals surface area contributed by atoms with Gasteiger partial charge in [-0.05, 0) is 12.1 Å². The molecular weight excluding hydrogens is 252 g/mol. The molecule has 0 spiro atoms. The number of fused-ring (bicyclic) bond motifs is 1. The Kier molecular flexibility index (Phi) is 2.77. The largest absolute Gasteiger partial charge is 0.347 e. The molecule has 0 amide bonds. The topological polar surface area (TPSA) is 69.8 Å². The Balaban J connectivity index is 2.04. The van der Waals surface area contributed by atoms with Crippen LogP contribution in [0.5, 0.6) is 0 Å². The summed E-state index contributed by atoms with van der Waals surface area (Å²) in [5.41, 5.74) is 2.25. The zero-order valence-corrected chi connectivity index (χ0v) is 10.2. The first-order valence-corrected chi connectivity index (χ1v) is 5.96. The van der Waals surface area contributed by atoms with Crippen molar-refractivity contribution < 1.29 is 0 Å². The Labute approximate surface area is 108 Å². The molecular formula is C12H11ClN4O. The molecule has 0 saturated heterocycles. The second kappa shape index (κ2) is 4.44. The van der Waals surface area contributed by atoms with E-state index in [0.717, 1.165) is 16.9 Å². The predicted molar refractivity (Wildman–Crippen MR) is 70.1 cm³/mol. The minimum absolute atomic E-state index is 0.355. The molecule has 1 aromatic carbocycles. The molecule has 0 fully saturated rings. The second-order valence-electron chi connectivity index (χ2n) is 4.06. The van der Waals surface area contributed by atoms with Crippen molar-refractivity contribution in [2.45, 2.75) is 13.1 Å². The van der Waals surface area contributed by atoms with Crippen LogP contribution in [-0.2, 0) is 13.1 Å². The Morgan fingerprint density at radius 1 is 1.28 bits per heavy atom. The van der Waals surface area contributed by atoms with Crippen molar-refractivity contribution in [2.24, 2.45) is 0 Å². The van der Waals surface area contributed by atoms with Crippen molar-refractivity contribution in [2.75, 3.05) is 5.32 Å². The summed E-state index contributed by atoms with van der Waals surface area (Å²) in [5, 5.41) is 6.88. The molecule has 2 aromatic rings. The fourth-order valence-electron chi connectivity index (χ4n) is 1.99. The maximum absolute atomic E-state index is 11.5. The average Bonchev–Trinajstić information content (AvgIpc) is 2.80. The van der Waals surface area contributed by atoms with Crippen LogP contribution in [0, 0.1) is 0 Å². The van der Waals surface area contributed by atoms with E-state index < -0.39 is 0 Å². The van der Waals surface area contributed by atoms with Crippen LogP contribution in [-0.4, -0.2) is 9.97 Å². The minimum Gasteiger partial charge on any atom is -0.339 e. The number of hydrogen-bond donors (Lipinski definition) is 3. The number of nitrogens with zero attached hydrogens (tertiary/aromatic N) is 1. The van der Waals surface area contributed by atoms with Crippen LogP contribution < -0.4 is 16.3 Å². The molecule has 3 rings (SSSR count). The van der Waals surface area contributed by atoms with Crippen molar-refractivity contribution in [3.63, 3.8) is 0 Å². The third-order valence-corrected chi connectivity index (χ3v) is 3.18. The summed E-state index contributed by atoms with van der Waals surface area (Å²) in [5.74, 6) is 0.562. The predicted octanol–water partition coefficient (Wildman–Crippen LogP) is 1.77. The van der Waals surface area contributed by atoms with Gasteiger partial charge in [0.05, 0.1) is 10.7 Å². The molecule has 1 aliphatic rings. The Hall–Kier alpha value is -1.85. The van der Waals surface area contributed by atoms with Crippen LogP contribution in [0.2, 0.25) is 5.02 Å². The summed E-state index contributed by atoms with van der Waals surface area (Å²) in [6, 6.07) is 7.36. The third kappa shape index (κ3) is 1.98.